The first-order valence-corrected chi connectivity index (χ1v) is 14.8. The van der Waals surface area contributed by atoms with Crippen molar-refractivity contribution in [2.45, 2.75) is 26.3 Å². The van der Waals surface area contributed by atoms with Gasteiger partial charge in [-0.25, -0.2) is 19.8 Å². The van der Waals surface area contributed by atoms with Crippen molar-refractivity contribution in [2.24, 2.45) is 25.8 Å². The maximum absolute atomic E-state index is 12.3. The highest BCUT2D eigenvalue weighted by Gasteiger charge is 2.30. The van der Waals surface area contributed by atoms with Gasteiger partial charge in [0.2, 0.25) is 0 Å². The van der Waals surface area contributed by atoms with Gasteiger partial charge in [-0.3, -0.25) is 5.43 Å². The third-order valence-corrected chi connectivity index (χ3v) is 6.47. The van der Waals surface area contributed by atoms with Gasteiger partial charge < -0.3 is 24.7 Å². The molecule has 0 aliphatic rings. The van der Waals surface area contributed by atoms with Gasteiger partial charge in [0, 0.05) is 17.7 Å². The zero-order chi connectivity index (χ0) is 33.7. The van der Waals surface area contributed by atoms with E-state index in [4.69, 9.17) is 43.1 Å². The molecule has 0 radical (unpaired) electrons. The highest BCUT2D eigenvalue weighted by atomic mass is 35.5. The second kappa shape index (κ2) is 17.3. The van der Waals surface area contributed by atoms with Crippen molar-refractivity contribution in [3.05, 3.63) is 81.8 Å². The number of hydrogen-bond donors (Lipinski definition) is 2. The van der Waals surface area contributed by atoms with Gasteiger partial charge in [-0.2, -0.15) is 5.10 Å². The monoisotopic (exact) mass is 698 g/mol. The number of rotatable bonds is 11. The molecule has 0 aliphatic heterocycles. The average Bonchev–Trinajstić information content (AvgIpc) is 2.98. The summed E-state index contributed by atoms with van der Waals surface area (Å²) in [6, 6.07) is 14.9. The minimum atomic E-state index is -4.78. The molecule has 3 aromatic rings. The van der Waals surface area contributed by atoms with E-state index < -0.39 is 12.5 Å². The van der Waals surface area contributed by atoms with Crippen molar-refractivity contribution in [3.63, 3.8) is 0 Å². The van der Waals surface area contributed by atoms with Gasteiger partial charge in [0.25, 0.3) is 0 Å². The van der Waals surface area contributed by atoms with Crippen LogP contribution in [0.2, 0.25) is 10.0 Å². The van der Waals surface area contributed by atoms with E-state index in [-0.39, 0.29) is 44.5 Å². The first kappa shape index (κ1) is 36.0. The number of halogens is 5. The summed E-state index contributed by atoms with van der Waals surface area (Å²) >= 11 is 13.7. The fraction of sp³-hybridized carbons (Fsp3) is 0.207. The minimum Gasteiger partial charge on any atom is -0.497 e. The summed E-state index contributed by atoms with van der Waals surface area (Å²) in [4.78, 5) is 24.3. The summed E-state index contributed by atoms with van der Waals surface area (Å²) in [5.41, 5.74) is 10.7. The van der Waals surface area contributed by atoms with Crippen LogP contribution in [0.5, 0.6) is 11.5 Å². The molecule has 3 aromatic carbocycles. The molecule has 244 valence electrons. The number of thioether (sulfide) groups is 1. The van der Waals surface area contributed by atoms with Crippen molar-refractivity contribution >= 4 is 76.1 Å². The second-order valence-corrected chi connectivity index (χ2v) is 10.7. The normalized spacial score (nSPS) is 12.5. The Morgan fingerprint density at radius 2 is 1.70 bits per heavy atom. The van der Waals surface area contributed by atoms with E-state index >= 15 is 0 Å². The zero-order valence-corrected chi connectivity index (χ0v) is 26.7. The molecule has 0 aromatic heterocycles. The van der Waals surface area contributed by atoms with Crippen LogP contribution < -0.4 is 20.6 Å². The number of benzene rings is 3. The molecule has 0 heterocycles. The molecule has 0 bridgehead atoms. The van der Waals surface area contributed by atoms with Crippen LogP contribution in [0.4, 0.5) is 29.3 Å². The van der Waals surface area contributed by atoms with Crippen LogP contribution in [0.1, 0.15) is 25.0 Å². The van der Waals surface area contributed by atoms with E-state index in [1.165, 1.54) is 31.8 Å². The molecule has 17 heteroatoms. The number of hydrogen-bond acceptors (Lipinski definition) is 9. The first-order valence-electron chi connectivity index (χ1n) is 13.0. The van der Waals surface area contributed by atoms with Crippen LogP contribution in [0.25, 0.3) is 0 Å². The van der Waals surface area contributed by atoms with E-state index in [0.29, 0.717) is 22.6 Å². The van der Waals surface area contributed by atoms with Crippen molar-refractivity contribution in [3.8, 4) is 11.5 Å². The molecule has 3 N–H and O–H groups in total. The molecular formula is C29H27Cl2F3N6O5S. The van der Waals surface area contributed by atoms with E-state index in [2.05, 4.69) is 30.2 Å². The molecule has 0 fully saturated rings. The number of carbonyl (C=O) groups excluding carboxylic acids is 1. The Morgan fingerprint density at radius 1 is 1.04 bits per heavy atom. The molecule has 0 atom stereocenters. The zero-order valence-electron chi connectivity index (χ0n) is 24.4. The predicted octanol–water partition coefficient (Wildman–Crippen LogP) is 7.83. The Kier molecular flexibility index (Phi) is 13.5. The lowest BCUT2D eigenvalue weighted by atomic mass is 10.1. The van der Waals surface area contributed by atoms with Gasteiger partial charge in [-0.05, 0) is 55.4 Å². The summed E-state index contributed by atoms with van der Waals surface area (Å²) in [6.07, 6.45) is -3.27. The summed E-state index contributed by atoms with van der Waals surface area (Å²) in [7, 11) is 1.48. The molecule has 0 saturated heterocycles. The number of nitrogens with zero attached hydrogens (tertiary/aromatic N) is 4. The highest BCUT2D eigenvalue weighted by molar-refractivity contribution is 8.13. The highest BCUT2D eigenvalue weighted by Crippen LogP contribution is 2.37. The van der Waals surface area contributed by atoms with E-state index in [1.54, 1.807) is 50.2 Å². The third kappa shape index (κ3) is 12.5. The fourth-order valence-electron chi connectivity index (χ4n) is 3.19. The standard InChI is InChI=1S/C29H27Cl2F3N6O5S/c1-17(2)44-28(41)43-16-46-27(39-25-23(30)12-22(42-3)13-24(25)31)40-38-14-18-4-6-19(7-5-18)26(35)37-15-36-20-8-10-21(11-9-20)45-29(32,33)34/h4-15,17H,16H2,1-3H3,(H,39,40)(H2,35,36,37)/b38-14+. The van der Waals surface area contributed by atoms with E-state index in [9.17, 15) is 18.0 Å². The number of aliphatic imine (C=N–C) groups is 3. The number of methoxy groups -OCH3 is 1. The van der Waals surface area contributed by atoms with Crippen molar-refractivity contribution in [1.29, 1.82) is 0 Å². The van der Waals surface area contributed by atoms with Gasteiger partial charge in [0.05, 0.1) is 35.2 Å². The quantitative estimate of drug-likeness (QED) is 0.0679. The van der Waals surface area contributed by atoms with Crippen LogP contribution in [0.15, 0.2) is 80.7 Å². The Morgan fingerprint density at radius 3 is 2.28 bits per heavy atom. The first-order chi connectivity index (χ1) is 21.8. The largest absolute Gasteiger partial charge is 0.573 e. The number of alkyl halides is 3. The van der Waals surface area contributed by atoms with E-state index in [0.717, 1.165) is 23.9 Å². The van der Waals surface area contributed by atoms with Gasteiger partial charge in [-0.15, -0.1) is 13.2 Å². The second-order valence-electron chi connectivity index (χ2n) is 8.97. The summed E-state index contributed by atoms with van der Waals surface area (Å²) in [5.74, 6) is 0.0902. The Bertz CT molecular complexity index is 1580. The average molecular weight is 700 g/mol. The Hall–Kier alpha value is -4.47. The molecule has 0 amide bonds. The molecule has 0 saturated carbocycles. The Balaban J connectivity index is 1.66. The fourth-order valence-corrected chi connectivity index (χ4v) is 4.28. The smallest absolute Gasteiger partial charge is 0.497 e. The lowest BCUT2D eigenvalue weighted by molar-refractivity contribution is -0.274. The topological polar surface area (TPSA) is 141 Å². The van der Waals surface area contributed by atoms with Crippen LogP contribution in [-0.2, 0) is 9.47 Å². The minimum absolute atomic E-state index is 0.146. The van der Waals surface area contributed by atoms with Crippen LogP contribution in [0, 0.1) is 0 Å². The molecule has 46 heavy (non-hydrogen) atoms. The van der Waals surface area contributed by atoms with Crippen LogP contribution >= 0.6 is 35.0 Å². The van der Waals surface area contributed by atoms with Gasteiger partial charge >= 0.3 is 12.5 Å². The van der Waals surface area contributed by atoms with Gasteiger partial charge in [0.15, 0.2) is 5.17 Å². The predicted molar refractivity (Wildman–Crippen MR) is 174 cm³/mol. The van der Waals surface area contributed by atoms with Crippen LogP contribution in [-0.4, -0.2) is 55.2 Å². The SMILES string of the molecule is COc1cc(Cl)c(N=C(N/N=C/c2ccc(C(N)=NC=Nc3ccc(OC(F)(F)F)cc3)cc2)SCOC(=O)OC(C)C)c(Cl)c1. The van der Waals surface area contributed by atoms with Crippen molar-refractivity contribution in [1.82, 2.24) is 5.43 Å². The summed E-state index contributed by atoms with van der Waals surface area (Å²) in [6.45, 7) is 3.39. The third-order valence-electron chi connectivity index (χ3n) is 5.20. The molecule has 0 aliphatic carbocycles. The number of nitrogens with two attached hydrogens (primary N) is 1. The van der Waals surface area contributed by atoms with Crippen molar-refractivity contribution in [2.75, 3.05) is 13.0 Å². The van der Waals surface area contributed by atoms with E-state index in [1.807, 2.05) is 0 Å². The number of amidine groups is 2. The van der Waals surface area contributed by atoms with Gasteiger partial charge in [-0.1, -0.05) is 47.5 Å². The molecular weight excluding hydrogens is 672 g/mol. The molecule has 11 nitrogen and oxygen atoms in total. The lowest BCUT2D eigenvalue weighted by Crippen LogP contribution is -2.17. The maximum Gasteiger partial charge on any atom is 0.573 e. The number of carbonyl (C=O) groups is 1. The lowest BCUT2D eigenvalue weighted by Gasteiger charge is -2.10. The molecule has 0 spiro atoms. The number of nitrogens with one attached hydrogen (secondary N) is 1. The number of ether oxygens (including phenoxy) is 4. The summed E-state index contributed by atoms with van der Waals surface area (Å²) in [5, 5.41) is 4.85. The molecule has 0 unspecified atom stereocenters. The maximum atomic E-state index is 12.3. The number of hydrazone groups is 1. The van der Waals surface area contributed by atoms with Crippen LogP contribution in [0.3, 0.4) is 0 Å². The Labute approximate surface area is 276 Å². The summed E-state index contributed by atoms with van der Waals surface area (Å²) < 4.78 is 55.9. The van der Waals surface area contributed by atoms with Gasteiger partial charge in [0.1, 0.15) is 35.3 Å². The van der Waals surface area contributed by atoms with Crippen molar-refractivity contribution < 1.29 is 36.9 Å². The molecule has 3 rings (SSSR count).